The first-order chi connectivity index (χ1) is 14.4. The van der Waals surface area contributed by atoms with Crippen LogP contribution in [-0.2, 0) is 11.3 Å². The topological polar surface area (TPSA) is 87.9 Å². The Balaban J connectivity index is 1.63. The maximum absolute atomic E-state index is 12.5. The Hall–Kier alpha value is -3.61. The number of esters is 1. The van der Waals surface area contributed by atoms with Gasteiger partial charge in [0.25, 0.3) is 0 Å². The van der Waals surface area contributed by atoms with Gasteiger partial charge in [-0.05, 0) is 63.2 Å². The van der Waals surface area contributed by atoms with Crippen LogP contribution in [0.15, 0.2) is 53.1 Å². The molecule has 0 bridgehead atoms. The van der Waals surface area contributed by atoms with E-state index in [1.807, 2.05) is 13.8 Å². The summed E-state index contributed by atoms with van der Waals surface area (Å²) in [6.07, 6.45) is -0.933. The first-order valence-electron chi connectivity index (χ1n) is 9.43. The normalized spacial score (nSPS) is 11.6. The van der Waals surface area contributed by atoms with Gasteiger partial charge in [-0.3, -0.25) is 4.79 Å². The number of ether oxygens (including phenoxy) is 3. The summed E-state index contributed by atoms with van der Waals surface area (Å²) in [6, 6.07) is 13.2. The number of hydrogen-bond acceptors (Lipinski definition) is 7. The third-order valence-corrected chi connectivity index (χ3v) is 4.66. The Bertz CT molecular complexity index is 1020. The zero-order chi connectivity index (χ0) is 21.7. The number of methoxy groups -OCH3 is 1. The third kappa shape index (κ3) is 4.86. The van der Waals surface area contributed by atoms with Crippen molar-refractivity contribution >= 4 is 11.8 Å². The number of aryl methyl sites for hydroxylation is 2. The molecule has 0 unspecified atom stereocenters. The fraction of sp³-hybridized carbons (Fsp3) is 0.261. The number of rotatable bonds is 8. The van der Waals surface area contributed by atoms with Crippen molar-refractivity contribution in [2.24, 2.45) is 0 Å². The van der Waals surface area contributed by atoms with Crippen molar-refractivity contribution in [1.82, 2.24) is 5.16 Å². The lowest BCUT2D eigenvalue weighted by molar-refractivity contribution is 0.0318. The molecule has 1 aromatic heterocycles. The molecule has 3 rings (SSSR count). The number of Topliss-reactive ketones (excluding diaryl/α,β-unsaturated/α-hetero) is 1. The molecule has 0 fully saturated rings. The van der Waals surface area contributed by atoms with E-state index in [1.165, 1.54) is 0 Å². The van der Waals surface area contributed by atoms with Gasteiger partial charge in [-0.2, -0.15) is 0 Å². The standard InChI is InChI=1S/C23H23NO6/c1-14-21(15(2)30-24-14)13-28-20-7-5-6-18(12-20)23(26)29-16(3)22(25)17-8-10-19(27-4)11-9-17/h5-12,16H,13H2,1-4H3/t16-/m1/s1. The molecule has 0 aliphatic rings. The number of aromatic nitrogens is 1. The molecule has 0 aliphatic carbocycles. The first kappa shape index (κ1) is 21.1. The van der Waals surface area contributed by atoms with Gasteiger partial charge in [0.2, 0.25) is 5.78 Å². The lowest BCUT2D eigenvalue weighted by Crippen LogP contribution is -2.24. The van der Waals surface area contributed by atoms with E-state index >= 15 is 0 Å². The van der Waals surface area contributed by atoms with Gasteiger partial charge in [0.05, 0.1) is 23.9 Å². The van der Waals surface area contributed by atoms with E-state index in [2.05, 4.69) is 5.16 Å². The number of nitrogens with zero attached hydrogens (tertiary/aromatic N) is 1. The van der Waals surface area contributed by atoms with Crippen LogP contribution in [0.5, 0.6) is 11.5 Å². The molecular formula is C23H23NO6. The summed E-state index contributed by atoms with van der Waals surface area (Å²) in [5, 5.41) is 3.89. The van der Waals surface area contributed by atoms with E-state index in [0.29, 0.717) is 28.4 Å². The molecule has 2 aromatic carbocycles. The summed E-state index contributed by atoms with van der Waals surface area (Å²) in [5.74, 6) is 0.932. The summed E-state index contributed by atoms with van der Waals surface area (Å²) in [5.41, 5.74) is 2.35. The van der Waals surface area contributed by atoms with Gasteiger partial charge in [-0.1, -0.05) is 11.2 Å². The minimum absolute atomic E-state index is 0.270. The van der Waals surface area contributed by atoms with E-state index in [-0.39, 0.29) is 12.4 Å². The van der Waals surface area contributed by atoms with Crippen LogP contribution >= 0.6 is 0 Å². The Morgan fingerprint density at radius 1 is 1.03 bits per heavy atom. The second-order valence-electron chi connectivity index (χ2n) is 6.76. The van der Waals surface area contributed by atoms with Gasteiger partial charge in [0.15, 0.2) is 6.10 Å². The highest BCUT2D eigenvalue weighted by Gasteiger charge is 2.21. The van der Waals surface area contributed by atoms with Crippen molar-refractivity contribution in [3.05, 3.63) is 76.7 Å². The van der Waals surface area contributed by atoms with Crippen molar-refractivity contribution in [2.75, 3.05) is 7.11 Å². The van der Waals surface area contributed by atoms with Crippen molar-refractivity contribution < 1.29 is 28.3 Å². The molecule has 0 amide bonds. The van der Waals surface area contributed by atoms with Gasteiger partial charge in [-0.15, -0.1) is 0 Å². The molecule has 1 heterocycles. The molecule has 0 aliphatic heterocycles. The number of hydrogen-bond donors (Lipinski definition) is 0. The number of carbonyl (C=O) groups is 2. The fourth-order valence-corrected chi connectivity index (χ4v) is 2.85. The highest BCUT2D eigenvalue weighted by molar-refractivity contribution is 6.01. The quantitative estimate of drug-likeness (QED) is 0.405. The zero-order valence-corrected chi connectivity index (χ0v) is 17.3. The van der Waals surface area contributed by atoms with Gasteiger partial charge < -0.3 is 18.7 Å². The molecule has 0 saturated heterocycles. The monoisotopic (exact) mass is 409 g/mol. The molecule has 0 radical (unpaired) electrons. The molecule has 0 N–H and O–H groups in total. The van der Waals surface area contributed by atoms with Crippen molar-refractivity contribution in [1.29, 1.82) is 0 Å². The van der Waals surface area contributed by atoms with Gasteiger partial charge in [0.1, 0.15) is 23.9 Å². The molecule has 3 aromatic rings. The lowest BCUT2D eigenvalue weighted by atomic mass is 10.1. The molecule has 1 atom stereocenters. The van der Waals surface area contributed by atoms with Crippen LogP contribution in [0.25, 0.3) is 0 Å². The van der Waals surface area contributed by atoms with Gasteiger partial charge in [0, 0.05) is 5.56 Å². The molecule has 7 nitrogen and oxygen atoms in total. The molecule has 156 valence electrons. The Kier molecular flexibility index (Phi) is 6.51. The lowest BCUT2D eigenvalue weighted by Gasteiger charge is -2.13. The Morgan fingerprint density at radius 2 is 1.77 bits per heavy atom. The van der Waals surface area contributed by atoms with Crippen LogP contribution in [0, 0.1) is 13.8 Å². The Labute approximate surface area is 174 Å². The Morgan fingerprint density at radius 3 is 2.40 bits per heavy atom. The van der Waals surface area contributed by atoms with Crippen molar-refractivity contribution in [3.63, 3.8) is 0 Å². The minimum Gasteiger partial charge on any atom is -0.497 e. The zero-order valence-electron chi connectivity index (χ0n) is 17.3. The second-order valence-corrected chi connectivity index (χ2v) is 6.76. The molecule has 0 saturated carbocycles. The van der Waals surface area contributed by atoms with Gasteiger partial charge >= 0.3 is 5.97 Å². The van der Waals surface area contributed by atoms with Gasteiger partial charge in [-0.25, -0.2) is 4.79 Å². The van der Waals surface area contributed by atoms with Crippen LogP contribution in [0.4, 0.5) is 0 Å². The average Bonchev–Trinajstić information content (AvgIpc) is 3.09. The van der Waals surface area contributed by atoms with Crippen LogP contribution in [0.1, 0.15) is 44.7 Å². The summed E-state index contributed by atoms with van der Waals surface area (Å²) in [6.45, 7) is 5.46. The van der Waals surface area contributed by atoms with E-state index < -0.39 is 12.1 Å². The van der Waals surface area contributed by atoms with E-state index in [1.54, 1.807) is 62.6 Å². The second kappa shape index (κ2) is 9.26. The molecule has 7 heteroatoms. The maximum Gasteiger partial charge on any atom is 0.338 e. The predicted octanol–water partition coefficient (Wildman–Crippen LogP) is 4.31. The molecule has 30 heavy (non-hydrogen) atoms. The van der Waals surface area contributed by atoms with E-state index in [9.17, 15) is 9.59 Å². The minimum atomic E-state index is -0.933. The van der Waals surface area contributed by atoms with Crippen molar-refractivity contribution in [3.8, 4) is 11.5 Å². The number of benzene rings is 2. The van der Waals surface area contributed by atoms with Crippen LogP contribution < -0.4 is 9.47 Å². The van der Waals surface area contributed by atoms with Crippen LogP contribution in [0.2, 0.25) is 0 Å². The highest BCUT2D eigenvalue weighted by Crippen LogP contribution is 2.20. The van der Waals surface area contributed by atoms with Crippen LogP contribution in [0.3, 0.4) is 0 Å². The smallest absolute Gasteiger partial charge is 0.338 e. The number of ketones is 1. The predicted molar refractivity (Wildman–Crippen MR) is 109 cm³/mol. The summed E-state index contributed by atoms with van der Waals surface area (Å²) < 4.78 is 21.3. The largest absolute Gasteiger partial charge is 0.497 e. The molecular weight excluding hydrogens is 386 g/mol. The average molecular weight is 409 g/mol. The number of carbonyl (C=O) groups excluding carboxylic acids is 2. The maximum atomic E-state index is 12.5. The third-order valence-electron chi connectivity index (χ3n) is 4.66. The van der Waals surface area contributed by atoms with E-state index in [0.717, 1.165) is 11.3 Å². The highest BCUT2D eigenvalue weighted by atomic mass is 16.5. The SMILES string of the molecule is COc1ccc(C(=O)[C@@H](C)OC(=O)c2cccc(OCc3c(C)noc3C)c2)cc1. The van der Waals surface area contributed by atoms with E-state index in [4.69, 9.17) is 18.7 Å². The fourth-order valence-electron chi connectivity index (χ4n) is 2.85. The first-order valence-corrected chi connectivity index (χ1v) is 9.43. The van der Waals surface area contributed by atoms with Crippen molar-refractivity contribution in [2.45, 2.75) is 33.5 Å². The summed E-state index contributed by atoms with van der Waals surface area (Å²) in [4.78, 5) is 25.0. The summed E-state index contributed by atoms with van der Waals surface area (Å²) in [7, 11) is 1.55. The van der Waals surface area contributed by atoms with Crippen LogP contribution in [-0.4, -0.2) is 30.1 Å². The summed E-state index contributed by atoms with van der Waals surface area (Å²) >= 11 is 0. The molecule has 0 spiro atoms.